The highest BCUT2D eigenvalue weighted by molar-refractivity contribution is 14.0. The number of nitrogens with zero attached hydrogens (tertiary/aromatic N) is 4. The first-order valence-electron chi connectivity index (χ1n) is 11.3. The molecular weight excluding hydrogens is 536 g/mol. The topological polar surface area (TPSA) is 66.6 Å². The molecule has 0 aromatic heterocycles. The van der Waals surface area contributed by atoms with Gasteiger partial charge in [-0.15, -0.1) is 24.0 Å². The molecule has 0 spiro atoms. The molecule has 33 heavy (non-hydrogen) atoms. The summed E-state index contributed by atoms with van der Waals surface area (Å²) in [6.45, 7) is 8.73. The number of hydrogen-bond donors (Lipinski definition) is 1. The molecule has 2 aromatic carbocycles. The van der Waals surface area contributed by atoms with Gasteiger partial charge in [0.15, 0.2) is 5.96 Å². The zero-order chi connectivity index (χ0) is 22.2. The van der Waals surface area contributed by atoms with E-state index < -0.39 is 0 Å². The van der Waals surface area contributed by atoms with E-state index in [0.29, 0.717) is 19.1 Å². The highest BCUT2D eigenvalue weighted by atomic mass is 127. The van der Waals surface area contributed by atoms with Crippen molar-refractivity contribution in [2.75, 3.05) is 70.5 Å². The Balaban J connectivity index is 0.00000306. The van der Waals surface area contributed by atoms with Gasteiger partial charge in [-0.3, -0.25) is 4.90 Å². The van der Waals surface area contributed by atoms with Crippen LogP contribution in [0.3, 0.4) is 0 Å². The number of guanidine groups is 1. The van der Waals surface area contributed by atoms with Crippen molar-refractivity contribution in [2.24, 2.45) is 10.7 Å². The maximum absolute atomic E-state index is 13.2. The highest BCUT2D eigenvalue weighted by Gasteiger charge is 2.19. The second-order valence-corrected chi connectivity index (χ2v) is 8.04. The summed E-state index contributed by atoms with van der Waals surface area (Å²) in [5.74, 6) is 1.19. The fourth-order valence-electron chi connectivity index (χ4n) is 4.00. The van der Waals surface area contributed by atoms with Gasteiger partial charge in [0.1, 0.15) is 18.2 Å². The van der Waals surface area contributed by atoms with Gasteiger partial charge in [-0.2, -0.15) is 0 Å². The number of rotatable bonds is 7. The van der Waals surface area contributed by atoms with E-state index >= 15 is 0 Å². The predicted molar refractivity (Wildman–Crippen MR) is 140 cm³/mol. The normalized spacial score (nSPS) is 17.5. The van der Waals surface area contributed by atoms with E-state index in [1.54, 1.807) is 0 Å². The van der Waals surface area contributed by atoms with Crippen molar-refractivity contribution in [3.63, 3.8) is 0 Å². The second-order valence-electron chi connectivity index (χ2n) is 8.04. The number of hydrogen-bond acceptors (Lipinski definition) is 5. The average molecular weight is 569 g/mol. The third-order valence-corrected chi connectivity index (χ3v) is 5.95. The Morgan fingerprint density at radius 2 is 1.67 bits per heavy atom. The van der Waals surface area contributed by atoms with E-state index in [9.17, 15) is 4.39 Å². The number of benzene rings is 2. The molecule has 9 heteroatoms. The van der Waals surface area contributed by atoms with E-state index in [1.807, 2.05) is 36.4 Å². The fraction of sp³-hybridized carbons (Fsp3) is 0.458. The van der Waals surface area contributed by atoms with Crippen molar-refractivity contribution in [3.8, 4) is 5.75 Å². The first-order chi connectivity index (χ1) is 15.7. The fourth-order valence-corrected chi connectivity index (χ4v) is 4.00. The van der Waals surface area contributed by atoms with Crippen molar-refractivity contribution < 1.29 is 13.9 Å². The van der Waals surface area contributed by atoms with Crippen LogP contribution in [-0.4, -0.2) is 81.4 Å². The average Bonchev–Trinajstić information content (AvgIpc) is 2.84. The van der Waals surface area contributed by atoms with Crippen LogP contribution < -0.4 is 15.4 Å². The minimum absolute atomic E-state index is 0. The number of halogens is 2. The van der Waals surface area contributed by atoms with Crippen molar-refractivity contribution in [1.29, 1.82) is 0 Å². The molecule has 2 aliphatic heterocycles. The lowest BCUT2D eigenvalue weighted by Gasteiger charge is -2.36. The Hall–Kier alpha value is -2.11. The second kappa shape index (κ2) is 13.0. The first-order valence-corrected chi connectivity index (χ1v) is 11.3. The van der Waals surface area contributed by atoms with E-state index in [2.05, 4.69) is 19.7 Å². The number of nitrogens with two attached hydrogens (primary N) is 1. The molecule has 0 saturated carbocycles. The van der Waals surface area contributed by atoms with E-state index in [0.717, 1.165) is 76.0 Å². The molecule has 0 bridgehead atoms. The summed E-state index contributed by atoms with van der Waals surface area (Å²) in [5.41, 5.74) is 8.36. The molecule has 2 heterocycles. The number of aliphatic imine (C=N–C) groups is 1. The molecule has 2 fully saturated rings. The minimum Gasteiger partial charge on any atom is -0.492 e. The molecule has 0 unspecified atom stereocenters. The summed E-state index contributed by atoms with van der Waals surface area (Å²) >= 11 is 0. The van der Waals surface area contributed by atoms with Gasteiger partial charge < -0.3 is 25.0 Å². The quantitative estimate of drug-likeness (QED) is 0.315. The van der Waals surface area contributed by atoms with E-state index in [-0.39, 0.29) is 29.8 Å². The first kappa shape index (κ1) is 25.5. The highest BCUT2D eigenvalue weighted by Crippen LogP contribution is 2.20. The number of morpholine rings is 1. The van der Waals surface area contributed by atoms with Gasteiger partial charge in [0.2, 0.25) is 0 Å². The van der Waals surface area contributed by atoms with Crippen molar-refractivity contribution in [3.05, 3.63) is 59.9 Å². The van der Waals surface area contributed by atoms with Gasteiger partial charge in [-0.1, -0.05) is 18.2 Å². The largest absolute Gasteiger partial charge is 0.492 e. The molecule has 180 valence electrons. The SMILES string of the molecule is I.NC(=NCc1ccccc1OCCN1CCOCC1)N1CCN(c2ccc(F)cc2)CC1. The Kier molecular flexibility index (Phi) is 10.0. The van der Waals surface area contributed by atoms with Gasteiger partial charge in [0.25, 0.3) is 0 Å². The van der Waals surface area contributed by atoms with Crippen LogP contribution in [0, 0.1) is 5.82 Å². The molecule has 0 atom stereocenters. The summed E-state index contributed by atoms with van der Waals surface area (Å²) in [5, 5.41) is 0. The van der Waals surface area contributed by atoms with Crippen LogP contribution in [0.5, 0.6) is 5.75 Å². The van der Waals surface area contributed by atoms with Gasteiger partial charge in [0.05, 0.1) is 19.8 Å². The standard InChI is InChI=1S/C24H32FN5O2.HI/c25-21-5-7-22(8-6-21)29-9-11-30(12-10-29)24(26)27-19-20-3-1-2-4-23(20)32-18-15-28-13-16-31-17-14-28;/h1-8H,9-19H2,(H2,26,27);1H. The molecule has 2 aliphatic rings. The monoisotopic (exact) mass is 569 g/mol. The molecule has 4 rings (SSSR count). The predicted octanol–water partition coefficient (Wildman–Crippen LogP) is 2.79. The van der Waals surface area contributed by atoms with Crippen LogP contribution in [-0.2, 0) is 11.3 Å². The Bertz CT molecular complexity index is 885. The summed E-state index contributed by atoms with van der Waals surface area (Å²) in [6, 6.07) is 14.6. The summed E-state index contributed by atoms with van der Waals surface area (Å²) in [4.78, 5) is 11.3. The van der Waals surface area contributed by atoms with Crippen LogP contribution in [0.4, 0.5) is 10.1 Å². The van der Waals surface area contributed by atoms with Crippen LogP contribution >= 0.6 is 24.0 Å². The lowest BCUT2D eigenvalue weighted by molar-refractivity contribution is 0.0322. The smallest absolute Gasteiger partial charge is 0.191 e. The van der Waals surface area contributed by atoms with Crippen molar-refractivity contribution in [2.45, 2.75) is 6.54 Å². The Morgan fingerprint density at radius 3 is 2.39 bits per heavy atom. The molecule has 2 saturated heterocycles. The number of ether oxygens (including phenoxy) is 2. The van der Waals surface area contributed by atoms with E-state index in [1.165, 1.54) is 12.1 Å². The van der Waals surface area contributed by atoms with Crippen LogP contribution in [0.25, 0.3) is 0 Å². The van der Waals surface area contributed by atoms with Crippen LogP contribution in [0.1, 0.15) is 5.56 Å². The summed E-state index contributed by atoms with van der Waals surface area (Å²) < 4.78 is 24.6. The summed E-state index contributed by atoms with van der Waals surface area (Å²) in [6.07, 6.45) is 0. The maximum Gasteiger partial charge on any atom is 0.191 e. The van der Waals surface area contributed by atoms with E-state index in [4.69, 9.17) is 15.2 Å². The lowest BCUT2D eigenvalue weighted by atomic mass is 10.2. The number of piperazine rings is 1. The third kappa shape index (κ3) is 7.44. The molecule has 0 radical (unpaired) electrons. The van der Waals surface area contributed by atoms with Gasteiger partial charge in [0, 0.05) is 57.1 Å². The van der Waals surface area contributed by atoms with Crippen LogP contribution in [0.2, 0.25) is 0 Å². The van der Waals surface area contributed by atoms with Gasteiger partial charge in [-0.25, -0.2) is 9.38 Å². The Labute approximate surface area is 212 Å². The third-order valence-electron chi connectivity index (χ3n) is 5.95. The number of anilines is 1. The van der Waals surface area contributed by atoms with Crippen molar-refractivity contribution >= 4 is 35.6 Å². The zero-order valence-corrected chi connectivity index (χ0v) is 21.2. The molecule has 7 nitrogen and oxygen atoms in total. The Morgan fingerprint density at radius 1 is 0.970 bits per heavy atom. The van der Waals surface area contributed by atoms with Gasteiger partial charge >= 0.3 is 0 Å². The summed E-state index contributed by atoms with van der Waals surface area (Å²) in [7, 11) is 0. The molecule has 2 aromatic rings. The maximum atomic E-state index is 13.2. The van der Waals surface area contributed by atoms with Crippen LogP contribution in [0.15, 0.2) is 53.5 Å². The molecule has 2 N–H and O–H groups in total. The van der Waals surface area contributed by atoms with Gasteiger partial charge in [-0.05, 0) is 30.3 Å². The molecule has 0 aliphatic carbocycles. The zero-order valence-electron chi connectivity index (χ0n) is 18.9. The minimum atomic E-state index is -0.214. The number of para-hydroxylation sites is 1. The van der Waals surface area contributed by atoms with Crippen molar-refractivity contribution in [1.82, 2.24) is 9.80 Å². The molecule has 0 amide bonds. The lowest BCUT2D eigenvalue weighted by Crippen LogP contribution is -2.51. The molecular formula is C24H33FIN5O2.